The Balaban J connectivity index is 2.83. The average molecular weight is 296 g/mol. The lowest BCUT2D eigenvalue weighted by Gasteiger charge is -2.19. The molecule has 0 unspecified atom stereocenters. The van der Waals surface area contributed by atoms with Gasteiger partial charge in [-0.1, -0.05) is 0 Å². The van der Waals surface area contributed by atoms with E-state index in [2.05, 4.69) is 27.3 Å². The Labute approximate surface area is 109 Å². The summed E-state index contributed by atoms with van der Waals surface area (Å²) in [5.41, 5.74) is 1.38. The van der Waals surface area contributed by atoms with Gasteiger partial charge >= 0.3 is 0 Å². The number of hydrogen-bond acceptors (Lipinski definition) is 3. The number of anilines is 1. The minimum atomic E-state index is -0.311. The van der Waals surface area contributed by atoms with Crippen LogP contribution in [0.5, 0.6) is 0 Å². The van der Waals surface area contributed by atoms with Crippen molar-refractivity contribution in [3.05, 3.63) is 28.2 Å². The summed E-state index contributed by atoms with van der Waals surface area (Å²) >= 11 is 3.36. The van der Waals surface area contributed by atoms with Crippen LogP contribution in [-0.2, 0) is 4.79 Å². The van der Waals surface area contributed by atoms with Crippen molar-refractivity contribution < 1.29 is 4.79 Å². The van der Waals surface area contributed by atoms with E-state index >= 15 is 0 Å². The van der Waals surface area contributed by atoms with Crippen molar-refractivity contribution >= 4 is 27.5 Å². The summed E-state index contributed by atoms with van der Waals surface area (Å²) in [6, 6.07) is 6.95. The van der Waals surface area contributed by atoms with E-state index in [9.17, 15) is 4.79 Å². The number of nitrogens with one attached hydrogen (secondary N) is 1. The highest BCUT2D eigenvalue weighted by Gasteiger charge is 2.15. The van der Waals surface area contributed by atoms with Gasteiger partial charge in [0, 0.05) is 24.3 Å². The van der Waals surface area contributed by atoms with Crippen LogP contribution in [0.15, 0.2) is 22.7 Å². The van der Waals surface area contributed by atoms with Crippen LogP contribution in [0.25, 0.3) is 0 Å². The molecule has 0 aliphatic rings. The lowest BCUT2D eigenvalue weighted by atomic mass is 10.2. The van der Waals surface area contributed by atoms with Gasteiger partial charge in [-0.3, -0.25) is 4.79 Å². The van der Waals surface area contributed by atoms with Gasteiger partial charge < -0.3 is 10.2 Å². The first-order chi connectivity index (χ1) is 7.95. The minimum Gasteiger partial charge on any atom is -0.373 e. The second-order valence-electron chi connectivity index (χ2n) is 3.91. The maximum absolute atomic E-state index is 11.7. The number of amides is 1. The average Bonchev–Trinajstić information content (AvgIpc) is 2.30. The van der Waals surface area contributed by atoms with E-state index in [4.69, 9.17) is 5.26 Å². The Morgan fingerprint density at radius 3 is 2.65 bits per heavy atom. The monoisotopic (exact) mass is 295 g/mol. The van der Waals surface area contributed by atoms with Crippen LogP contribution < -0.4 is 5.32 Å². The summed E-state index contributed by atoms with van der Waals surface area (Å²) in [6.07, 6.45) is 0. The van der Waals surface area contributed by atoms with E-state index in [-0.39, 0.29) is 11.9 Å². The molecule has 1 aromatic rings. The smallest absolute Gasteiger partial charge is 0.244 e. The number of rotatable bonds is 3. The molecule has 5 heteroatoms. The lowest BCUT2D eigenvalue weighted by molar-refractivity contribution is -0.129. The number of benzene rings is 1. The van der Waals surface area contributed by atoms with Crippen LogP contribution in [0.2, 0.25) is 0 Å². The van der Waals surface area contributed by atoms with Gasteiger partial charge in [0.05, 0.1) is 11.6 Å². The zero-order valence-corrected chi connectivity index (χ0v) is 11.6. The molecule has 17 heavy (non-hydrogen) atoms. The third-order valence-electron chi connectivity index (χ3n) is 2.28. The number of nitrogens with zero attached hydrogens (tertiary/aromatic N) is 2. The zero-order valence-electron chi connectivity index (χ0n) is 9.99. The molecule has 0 radical (unpaired) electrons. The first-order valence-electron chi connectivity index (χ1n) is 5.13. The standard InChI is InChI=1S/C12H14BrN3O/c1-8(12(17)16(2)3)15-11-5-4-9(7-14)6-10(11)13/h4-6,8,15H,1-3H3/t8-/m0/s1. The van der Waals surface area contributed by atoms with E-state index in [0.717, 1.165) is 10.2 Å². The van der Waals surface area contributed by atoms with Gasteiger partial charge in [0.2, 0.25) is 5.91 Å². The normalized spacial score (nSPS) is 11.5. The summed E-state index contributed by atoms with van der Waals surface area (Å²) in [7, 11) is 3.43. The number of carbonyl (C=O) groups excluding carboxylic acids is 1. The summed E-state index contributed by atoms with van der Waals surface area (Å²) in [5, 5.41) is 11.8. The molecule has 0 spiro atoms. The van der Waals surface area contributed by atoms with Gasteiger partial charge in [0.1, 0.15) is 6.04 Å². The largest absolute Gasteiger partial charge is 0.373 e. The summed E-state index contributed by atoms with van der Waals surface area (Å²) in [4.78, 5) is 13.2. The van der Waals surface area contributed by atoms with E-state index in [1.165, 1.54) is 4.90 Å². The molecule has 1 amide bonds. The first-order valence-corrected chi connectivity index (χ1v) is 5.92. The van der Waals surface area contributed by atoms with Gasteiger partial charge in [-0.25, -0.2) is 0 Å². The SMILES string of the molecule is C[C@H](Nc1ccc(C#N)cc1Br)C(=O)N(C)C. The van der Waals surface area contributed by atoms with E-state index in [1.54, 1.807) is 39.2 Å². The van der Waals surface area contributed by atoms with Crippen LogP contribution in [0, 0.1) is 11.3 Å². The number of carbonyl (C=O) groups is 1. The Morgan fingerprint density at radius 2 is 2.18 bits per heavy atom. The zero-order chi connectivity index (χ0) is 13.0. The molecule has 0 bridgehead atoms. The second-order valence-corrected chi connectivity index (χ2v) is 4.76. The van der Waals surface area contributed by atoms with Crippen molar-refractivity contribution in [2.45, 2.75) is 13.0 Å². The summed E-state index contributed by atoms with van der Waals surface area (Å²) in [6.45, 7) is 1.80. The lowest BCUT2D eigenvalue weighted by Crippen LogP contribution is -2.36. The molecule has 0 aliphatic heterocycles. The third-order valence-corrected chi connectivity index (χ3v) is 2.94. The van der Waals surface area contributed by atoms with E-state index in [0.29, 0.717) is 5.56 Å². The fourth-order valence-electron chi connectivity index (χ4n) is 1.38. The van der Waals surface area contributed by atoms with Gasteiger partial charge in [-0.15, -0.1) is 0 Å². The maximum atomic E-state index is 11.7. The molecular weight excluding hydrogens is 282 g/mol. The molecule has 90 valence electrons. The molecule has 0 saturated carbocycles. The number of nitriles is 1. The highest BCUT2D eigenvalue weighted by Crippen LogP contribution is 2.24. The Kier molecular flexibility index (Phi) is 4.53. The van der Waals surface area contributed by atoms with Crippen LogP contribution >= 0.6 is 15.9 Å². The third kappa shape index (κ3) is 3.46. The van der Waals surface area contributed by atoms with Gasteiger partial charge in [-0.05, 0) is 41.1 Å². The van der Waals surface area contributed by atoms with Crippen LogP contribution in [0.4, 0.5) is 5.69 Å². The summed E-state index contributed by atoms with van der Waals surface area (Å²) in [5.74, 6) is 0.00117. The second kappa shape index (κ2) is 5.69. The molecule has 0 aliphatic carbocycles. The Bertz CT molecular complexity index is 465. The molecule has 4 nitrogen and oxygen atoms in total. The predicted molar refractivity (Wildman–Crippen MR) is 70.6 cm³/mol. The molecule has 1 aromatic carbocycles. The quantitative estimate of drug-likeness (QED) is 0.930. The van der Waals surface area contributed by atoms with Gasteiger partial charge in [-0.2, -0.15) is 5.26 Å². The molecule has 1 N–H and O–H groups in total. The predicted octanol–water partition coefficient (Wildman–Crippen LogP) is 2.21. The number of hydrogen-bond donors (Lipinski definition) is 1. The fraction of sp³-hybridized carbons (Fsp3) is 0.333. The Morgan fingerprint density at radius 1 is 1.53 bits per heavy atom. The van der Waals surface area contributed by atoms with Gasteiger partial charge in [0.25, 0.3) is 0 Å². The number of halogens is 1. The number of likely N-dealkylation sites (N-methyl/N-ethyl adjacent to an activating group) is 1. The molecule has 0 heterocycles. The van der Waals surface area contributed by atoms with E-state index < -0.39 is 0 Å². The topological polar surface area (TPSA) is 56.1 Å². The highest BCUT2D eigenvalue weighted by molar-refractivity contribution is 9.10. The van der Waals surface area contributed by atoms with Crippen molar-refractivity contribution in [2.24, 2.45) is 0 Å². The Hall–Kier alpha value is -1.54. The van der Waals surface area contributed by atoms with Crippen molar-refractivity contribution in [3.63, 3.8) is 0 Å². The molecule has 0 saturated heterocycles. The molecule has 1 atom stereocenters. The van der Waals surface area contributed by atoms with Crippen LogP contribution in [0.3, 0.4) is 0 Å². The maximum Gasteiger partial charge on any atom is 0.244 e. The molecule has 0 fully saturated rings. The van der Waals surface area contributed by atoms with Crippen molar-refractivity contribution in [1.29, 1.82) is 5.26 Å². The van der Waals surface area contributed by atoms with Gasteiger partial charge in [0.15, 0.2) is 0 Å². The molecule has 1 rings (SSSR count). The molecular formula is C12H14BrN3O. The fourth-order valence-corrected chi connectivity index (χ4v) is 1.88. The van der Waals surface area contributed by atoms with Crippen LogP contribution in [0.1, 0.15) is 12.5 Å². The first kappa shape index (κ1) is 13.5. The molecule has 0 aromatic heterocycles. The van der Waals surface area contributed by atoms with Crippen molar-refractivity contribution in [1.82, 2.24) is 4.90 Å². The van der Waals surface area contributed by atoms with E-state index in [1.807, 2.05) is 0 Å². The highest BCUT2D eigenvalue weighted by atomic mass is 79.9. The summed E-state index contributed by atoms with van der Waals surface area (Å²) < 4.78 is 0.773. The van der Waals surface area contributed by atoms with Crippen molar-refractivity contribution in [3.8, 4) is 6.07 Å². The van der Waals surface area contributed by atoms with Crippen LogP contribution in [-0.4, -0.2) is 30.9 Å². The minimum absolute atomic E-state index is 0.00117. The van der Waals surface area contributed by atoms with Crippen molar-refractivity contribution in [2.75, 3.05) is 19.4 Å².